The van der Waals surface area contributed by atoms with E-state index in [9.17, 15) is 31.5 Å². The Hall–Kier alpha value is -2.62. The van der Waals surface area contributed by atoms with E-state index in [0.717, 1.165) is 12.3 Å². The number of nitrogens with zero attached hydrogens (tertiary/aromatic N) is 2. The van der Waals surface area contributed by atoms with Crippen LogP contribution in [0.4, 0.5) is 27.6 Å². The Morgan fingerprint density at radius 2 is 1.76 bits per heavy atom. The average molecular weight is 378 g/mol. The minimum absolute atomic E-state index is 0.0774. The molecule has 3 rings (SSSR count). The van der Waals surface area contributed by atoms with Crippen molar-refractivity contribution in [3.63, 3.8) is 0 Å². The van der Waals surface area contributed by atoms with Gasteiger partial charge in [-0.2, -0.15) is 22.0 Å². The number of ketones is 1. The predicted octanol–water partition coefficient (Wildman–Crippen LogP) is 3.48. The Labute approximate surface area is 140 Å². The zero-order valence-electron chi connectivity index (χ0n) is 11.8. The molecule has 0 saturated heterocycles. The molecule has 11 heteroatoms. The van der Waals surface area contributed by atoms with Crippen LogP contribution in [0.25, 0.3) is 11.1 Å². The number of hydrogen-bond donors (Lipinski definition) is 1. The molecule has 0 aliphatic heterocycles. The lowest BCUT2D eigenvalue weighted by Crippen LogP contribution is -2.28. The molecule has 2 aromatic rings. The number of hydrogen-bond acceptors (Lipinski definition) is 4. The fourth-order valence-corrected chi connectivity index (χ4v) is 2.31. The van der Waals surface area contributed by atoms with Gasteiger partial charge in [0.15, 0.2) is 0 Å². The summed E-state index contributed by atoms with van der Waals surface area (Å²) in [5.41, 5.74) is -0.421. The molecule has 0 saturated carbocycles. The molecule has 1 aromatic heterocycles. The van der Waals surface area contributed by atoms with Gasteiger partial charge in [0.05, 0.1) is 0 Å². The van der Waals surface area contributed by atoms with E-state index < -0.39 is 34.8 Å². The fraction of sp³-hybridized carbons (Fsp3) is 0.143. The summed E-state index contributed by atoms with van der Waals surface area (Å²) in [7, 11) is 0. The van der Waals surface area contributed by atoms with Crippen LogP contribution in [0.5, 0.6) is 0 Å². The molecule has 0 atom stereocenters. The van der Waals surface area contributed by atoms with Crippen LogP contribution in [0.15, 0.2) is 24.4 Å². The van der Waals surface area contributed by atoms with E-state index in [0.29, 0.717) is 0 Å². The molecule has 130 valence electrons. The van der Waals surface area contributed by atoms with Crippen LogP contribution in [0.1, 0.15) is 21.9 Å². The van der Waals surface area contributed by atoms with Crippen molar-refractivity contribution in [3.8, 4) is 11.1 Å². The van der Waals surface area contributed by atoms with Crippen molar-refractivity contribution in [3.05, 3.63) is 41.5 Å². The summed E-state index contributed by atoms with van der Waals surface area (Å²) in [6, 6.07) is 3.52. The topological polar surface area (TPSA) is 72.0 Å². The standard InChI is InChI=1S/C14H5ClF5N3O2/c15-13(16,17)12(25)22-5-1-2-6-7(3-5)10(24)9-8(6)4-21-11(23-9)14(18,19)20/h1-4H,(H,22,25). The van der Waals surface area contributed by atoms with Gasteiger partial charge in [0.25, 0.3) is 0 Å². The van der Waals surface area contributed by atoms with Crippen molar-refractivity contribution in [2.24, 2.45) is 0 Å². The maximum atomic E-state index is 12.7. The predicted molar refractivity (Wildman–Crippen MR) is 75.3 cm³/mol. The Morgan fingerprint density at radius 3 is 2.36 bits per heavy atom. The second-order valence-corrected chi connectivity index (χ2v) is 5.47. The maximum Gasteiger partial charge on any atom is 0.451 e. The second-order valence-electron chi connectivity index (χ2n) is 5.00. The van der Waals surface area contributed by atoms with Crippen molar-refractivity contribution in [1.82, 2.24) is 9.97 Å². The van der Waals surface area contributed by atoms with Crippen LogP contribution in [0.3, 0.4) is 0 Å². The van der Waals surface area contributed by atoms with Crippen molar-refractivity contribution >= 4 is 29.0 Å². The lowest BCUT2D eigenvalue weighted by molar-refractivity contribution is -0.145. The number of halogens is 6. The number of aromatic nitrogens is 2. The molecule has 1 N–H and O–H groups in total. The Kier molecular flexibility index (Phi) is 3.75. The van der Waals surface area contributed by atoms with E-state index >= 15 is 0 Å². The summed E-state index contributed by atoms with van der Waals surface area (Å²) in [5, 5.41) is -2.35. The van der Waals surface area contributed by atoms with Crippen LogP contribution < -0.4 is 5.32 Å². The molecule has 1 aliphatic rings. The first-order valence-electron chi connectivity index (χ1n) is 6.50. The molecule has 1 aliphatic carbocycles. The van der Waals surface area contributed by atoms with Gasteiger partial charge in [0.1, 0.15) is 5.69 Å². The molecule has 25 heavy (non-hydrogen) atoms. The molecule has 5 nitrogen and oxygen atoms in total. The maximum absolute atomic E-state index is 12.7. The van der Waals surface area contributed by atoms with Gasteiger partial charge < -0.3 is 5.32 Å². The molecular formula is C14H5ClF5N3O2. The van der Waals surface area contributed by atoms with E-state index in [2.05, 4.69) is 21.6 Å². The first-order valence-corrected chi connectivity index (χ1v) is 6.88. The third-order valence-corrected chi connectivity index (χ3v) is 3.50. The minimum Gasteiger partial charge on any atom is -0.320 e. The van der Waals surface area contributed by atoms with Gasteiger partial charge in [-0.05, 0) is 29.3 Å². The highest BCUT2D eigenvalue weighted by molar-refractivity contribution is 6.34. The number of rotatable bonds is 2. The van der Waals surface area contributed by atoms with Gasteiger partial charge in [-0.15, -0.1) is 0 Å². The van der Waals surface area contributed by atoms with E-state index in [1.54, 1.807) is 5.32 Å². The van der Waals surface area contributed by atoms with E-state index in [1.807, 2.05) is 0 Å². The van der Waals surface area contributed by atoms with Crippen molar-refractivity contribution < 1.29 is 31.5 Å². The van der Waals surface area contributed by atoms with E-state index in [1.165, 1.54) is 12.1 Å². The normalized spacial score (nSPS) is 13.4. The molecule has 1 amide bonds. The largest absolute Gasteiger partial charge is 0.451 e. The van der Waals surface area contributed by atoms with Gasteiger partial charge >= 0.3 is 17.5 Å². The second kappa shape index (κ2) is 5.45. The fourth-order valence-electron chi connectivity index (χ4n) is 2.26. The smallest absolute Gasteiger partial charge is 0.320 e. The number of carbonyl (C=O) groups is 2. The highest BCUT2D eigenvalue weighted by Gasteiger charge is 2.39. The first kappa shape index (κ1) is 17.2. The lowest BCUT2D eigenvalue weighted by atomic mass is 10.1. The van der Waals surface area contributed by atoms with Crippen molar-refractivity contribution in [2.45, 2.75) is 11.6 Å². The number of alkyl halides is 6. The summed E-state index contributed by atoms with van der Waals surface area (Å²) in [6.45, 7) is 0. The summed E-state index contributed by atoms with van der Waals surface area (Å²) in [6.07, 6.45) is -3.96. The van der Waals surface area contributed by atoms with Crippen LogP contribution in [0, 0.1) is 0 Å². The number of benzene rings is 1. The zero-order valence-corrected chi connectivity index (χ0v) is 12.5. The Morgan fingerprint density at radius 1 is 1.08 bits per heavy atom. The van der Waals surface area contributed by atoms with E-state index in [4.69, 9.17) is 0 Å². The molecule has 0 spiro atoms. The third kappa shape index (κ3) is 3.04. The highest BCUT2D eigenvalue weighted by Crippen LogP contribution is 2.38. The molecule has 1 heterocycles. The number of nitrogens with one attached hydrogen (secondary N) is 1. The molecule has 0 fully saturated rings. The van der Waals surface area contributed by atoms with Crippen molar-refractivity contribution in [2.75, 3.05) is 5.32 Å². The van der Waals surface area contributed by atoms with Crippen LogP contribution in [-0.2, 0) is 11.0 Å². The molecule has 0 radical (unpaired) electrons. The van der Waals surface area contributed by atoms with Crippen molar-refractivity contribution in [1.29, 1.82) is 0 Å². The van der Waals surface area contributed by atoms with Gasteiger partial charge in [0.2, 0.25) is 11.6 Å². The monoisotopic (exact) mass is 377 g/mol. The summed E-state index contributed by atoms with van der Waals surface area (Å²) in [5.74, 6) is -4.12. The molecular weight excluding hydrogens is 373 g/mol. The zero-order chi connectivity index (χ0) is 18.6. The quantitative estimate of drug-likeness (QED) is 0.548. The highest BCUT2D eigenvalue weighted by atomic mass is 35.5. The minimum atomic E-state index is -4.82. The van der Waals surface area contributed by atoms with Crippen LogP contribution in [-0.4, -0.2) is 27.0 Å². The number of amides is 1. The van der Waals surface area contributed by atoms with Gasteiger partial charge in [0, 0.05) is 23.0 Å². The summed E-state index contributed by atoms with van der Waals surface area (Å²) < 4.78 is 63.4. The lowest BCUT2D eigenvalue weighted by Gasteiger charge is -2.10. The summed E-state index contributed by atoms with van der Waals surface area (Å²) in [4.78, 5) is 29.8. The Bertz CT molecular complexity index is 908. The third-order valence-electron chi connectivity index (χ3n) is 3.33. The molecule has 1 aromatic carbocycles. The summed E-state index contributed by atoms with van der Waals surface area (Å²) >= 11 is 4.58. The number of carbonyl (C=O) groups excluding carboxylic acids is 2. The van der Waals surface area contributed by atoms with Crippen LogP contribution in [0.2, 0.25) is 0 Å². The number of fused-ring (bicyclic) bond motifs is 3. The van der Waals surface area contributed by atoms with Crippen LogP contribution >= 0.6 is 11.6 Å². The average Bonchev–Trinajstić information content (AvgIpc) is 2.78. The Balaban J connectivity index is 1.99. The van der Waals surface area contributed by atoms with Gasteiger partial charge in [-0.3, -0.25) is 9.59 Å². The van der Waals surface area contributed by atoms with Gasteiger partial charge in [-0.1, -0.05) is 6.07 Å². The molecule has 0 bridgehead atoms. The van der Waals surface area contributed by atoms with E-state index in [-0.39, 0.29) is 22.4 Å². The molecule has 0 unspecified atom stereocenters. The number of anilines is 1. The SMILES string of the molecule is O=C1c2cc(NC(=O)C(F)(F)Cl)ccc2-c2cnc(C(F)(F)F)nc21. The van der Waals surface area contributed by atoms with Gasteiger partial charge in [-0.25, -0.2) is 9.97 Å². The first-order chi connectivity index (χ1) is 11.5.